The standard InChI is InChI=1S/C25H21F2NO4/c1-14-15(10-11-21(26)23(14)27)12-22(24(29)30)28-25(31)32-13-20-18-8-4-2-6-16(18)17-7-3-5-9-19(17)20/h2-11,20,22H,12-13H2,1H3,(H,28,31)(H,29,30). The Morgan fingerprint density at radius 2 is 1.59 bits per heavy atom. The number of rotatable bonds is 6. The Kier molecular flexibility index (Phi) is 5.90. The number of carbonyl (C=O) groups is 2. The number of fused-ring (bicyclic) bond motifs is 3. The quantitative estimate of drug-likeness (QED) is 0.581. The highest BCUT2D eigenvalue weighted by Crippen LogP contribution is 2.44. The van der Waals surface area contributed by atoms with Crippen LogP contribution >= 0.6 is 0 Å². The third-order valence-corrected chi connectivity index (χ3v) is 5.81. The van der Waals surface area contributed by atoms with E-state index in [1.165, 1.54) is 13.0 Å². The molecule has 0 radical (unpaired) electrons. The topological polar surface area (TPSA) is 75.6 Å². The minimum atomic E-state index is -1.35. The summed E-state index contributed by atoms with van der Waals surface area (Å²) < 4.78 is 32.5. The molecule has 1 aliphatic rings. The summed E-state index contributed by atoms with van der Waals surface area (Å²) in [6.45, 7) is 1.40. The van der Waals surface area contributed by atoms with Gasteiger partial charge in [-0.05, 0) is 46.4 Å². The van der Waals surface area contributed by atoms with Gasteiger partial charge in [-0.3, -0.25) is 0 Å². The molecule has 3 aromatic carbocycles. The Morgan fingerprint density at radius 3 is 2.19 bits per heavy atom. The average Bonchev–Trinajstić information content (AvgIpc) is 3.11. The number of ether oxygens (including phenoxy) is 1. The first kappa shape index (κ1) is 21.5. The highest BCUT2D eigenvalue weighted by atomic mass is 19.2. The molecule has 164 valence electrons. The Morgan fingerprint density at radius 1 is 1.00 bits per heavy atom. The Hall–Kier alpha value is -3.74. The van der Waals surface area contributed by atoms with E-state index in [0.29, 0.717) is 0 Å². The maximum Gasteiger partial charge on any atom is 0.407 e. The second-order valence-corrected chi connectivity index (χ2v) is 7.71. The van der Waals surface area contributed by atoms with Gasteiger partial charge in [0, 0.05) is 12.3 Å². The number of hydrogen-bond acceptors (Lipinski definition) is 3. The maximum atomic E-state index is 13.8. The van der Waals surface area contributed by atoms with Crippen molar-refractivity contribution >= 4 is 12.1 Å². The second kappa shape index (κ2) is 8.78. The van der Waals surface area contributed by atoms with Gasteiger partial charge >= 0.3 is 12.1 Å². The maximum absolute atomic E-state index is 13.8. The number of aliphatic carboxylic acids is 1. The van der Waals surface area contributed by atoms with Gasteiger partial charge in [0.25, 0.3) is 0 Å². The third-order valence-electron chi connectivity index (χ3n) is 5.81. The number of carboxylic acid groups (broad SMARTS) is 1. The molecule has 0 spiro atoms. The fraction of sp³-hybridized carbons (Fsp3) is 0.200. The van der Waals surface area contributed by atoms with Gasteiger partial charge in [-0.25, -0.2) is 18.4 Å². The summed E-state index contributed by atoms with van der Waals surface area (Å²) in [5.74, 6) is -3.51. The minimum Gasteiger partial charge on any atom is -0.480 e. The first-order chi connectivity index (χ1) is 15.4. The Bertz CT molecular complexity index is 1150. The lowest BCUT2D eigenvalue weighted by molar-refractivity contribution is -0.139. The molecule has 32 heavy (non-hydrogen) atoms. The summed E-state index contributed by atoms with van der Waals surface area (Å²) in [6.07, 6.45) is -1.10. The summed E-state index contributed by atoms with van der Waals surface area (Å²) in [7, 11) is 0. The van der Waals surface area contributed by atoms with E-state index in [1.54, 1.807) is 0 Å². The molecule has 4 rings (SSSR count). The number of carbonyl (C=O) groups excluding carboxylic acids is 1. The van der Waals surface area contributed by atoms with E-state index in [9.17, 15) is 23.5 Å². The molecular weight excluding hydrogens is 416 g/mol. The van der Waals surface area contributed by atoms with Crippen molar-refractivity contribution in [2.45, 2.75) is 25.3 Å². The second-order valence-electron chi connectivity index (χ2n) is 7.71. The number of carboxylic acids is 1. The number of halogens is 2. The van der Waals surface area contributed by atoms with Crippen LogP contribution in [0.4, 0.5) is 13.6 Å². The van der Waals surface area contributed by atoms with E-state index in [2.05, 4.69) is 5.32 Å². The first-order valence-electron chi connectivity index (χ1n) is 10.1. The van der Waals surface area contributed by atoms with Crippen LogP contribution in [0.1, 0.15) is 28.2 Å². The number of amides is 1. The van der Waals surface area contributed by atoms with Gasteiger partial charge in [0.05, 0.1) is 0 Å². The lowest BCUT2D eigenvalue weighted by atomic mass is 9.98. The van der Waals surface area contributed by atoms with Crippen molar-refractivity contribution in [2.75, 3.05) is 6.61 Å². The number of nitrogens with one attached hydrogen (secondary N) is 1. The van der Waals surface area contributed by atoms with Crippen LogP contribution in [0.3, 0.4) is 0 Å². The third kappa shape index (κ3) is 4.06. The first-order valence-corrected chi connectivity index (χ1v) is 10.1. The number of hydrogen-bond donors (Lipinski definition) is 2. The molecule has 0 fully saturated rings. The highest BCUT2D eigenvalue weighted by Gasteiger charge is 2.30. The Labute approximate surface area is 183 Å². The van der Waals surface area contributed by atoms with Gasteiger partial charge in [-0.15, -0.1) is 0 Å². The molecule has 0 saturated heterocycles. The van der Waals surface area contributed by atoms with E-state index < -0.39 is 29.7 Å². The predicted molar refractivity (Wildman–Crippen MR) is 114 cm³/mol. The van der Waals surface area contributed by atoms with Crippen molar-refractivity contribution in [1.29, 1.82) is 0 Å². The molecule has 1 unspecified atom stereocenters. The predicted octanol–water partition coefficient (Wildman–Crippen LogP) is 4.81. The van der Waals surface area contributed by atoms with Crippen LogP contribution < -0.4 is 5.32 Å². The van der Waals surface area contributed by atoms with E-state index >= 15 is 0 Å². The van der Waals surface area contributed by atoms with Crippen LogP contribution in [0.5, 0.6) is 0 Å². The van der Waals surface area contributed by atoms with Crippen molar-refractivity contribution in [3.05, 3.63) is 94.6 Å². The largest absolute Gasteiger partial charge is 0.480 e. The monoisotopic (exact) mass is 437 g/mol. The van der Waals surface area contributed by atoms with Gasteiger partial charge in [0.2, 0.25) is 0 Å². The molecule has 1 amide bonds. The molecule has 0 bridgehead atoms. The van der Waals surface area contributed by atoms with Crippen LogP contribution in [-0.2, 0) is 16.0 Å². The van der Waals surface area contributed by atoms with Crippen LogP contribution in [0.2, 0.25) is 0 Å². The van der Waals surface area contributed by atoms with Gasteiger partial charge in [0.15, 0.2) is 11.6 Å². The lowest BCUT2D eigenvalue weighted by Gasteiger charge is -2.18. The molecule has 1 atom stereocenters. The molecule has 7 heteroatoms. The summed E-state index contributed by atoms with van der Waals surface area (Å²) in [4.78, 5) is 24.1. The van der Waals surface area contributed by atoms with Gasteiger partial charge < -0.3 is 15.2 Å². The zero-order valence-electron chi connectivity index (χ0n) is 17.3. The SMILES string of the molecule is Cc1c(CC(NC(=O)OCC2c3ccccc3-c3ccccc32)C(=O)O)ccc(F)c1F. The van der Waals surface area contributed by atoms with E-state index in [4.69, 9.17) is 4.74 Å². The zero-order chi connectivity index (χ0) is 22.8. The minimum absolute atomic E-state index is 0.00517. The lowest BCUT2D eigenvalue weighted by Crippen LogP contribution is -2.43. The molecule has 0 aliphatic heterocycles. The smallest absolute Gasteiger partial charge is 0.407 e. The molecule has 0 aromatic heterocycles. The van der Waals surface area contributed by atoms with Gasteiger partial charge in [-0.1, -0.05) is 54.6 Å². The molecule has 1 aliphatic carbocycles. The highest BCUT2D eigenvalue weighted by molar-refractivity contribution is 5.81. The summed E-state index contributed by atoms with van der Waals surface area (Å²) >= 11 is 0. The Balaban J connectivity index is 1.45. The summed E-state index contributed by atoms with van der Waals surface area (Å²) in [5.41, 5.74) is 4.52. The van der Waals surface area contributed by atoms with Crippen LogP contribution in [-0.4, -0.2) is 29.8 Å². The summed E-state index contributed by atoms with van der Waals surface area (Å²) in [6, 6.07) is 16.6. The van der Waals surface area contributed by atoms with E-state index in [1.807, 2.05) is 48.5 Å². The molecule has 5 nitrogen and oxygen atoms in total. The zero-order valence-corrected chi connectivity index (χ0v) is 17.3. The van der Waals surface area contributed by atoms with Crippen molar-refractivity contribution in [3.63, 3.8) is 0 Å². The molecule has 3 aromatic rings. The van der Waals surface area contributed by atoms with E-state index in [0.717, 1.165) is 28.3 Å². The van der Waals surface area contributed by atoms with Crippen molar-refractivity contribution in [1.82, 2.24) is 5.32 Å². The van der Waals surface area contributed by atoms with Crippen molar-refractivity contribution in [3.8, 4) is 11.1 Å². The van der Waals surface area contributed by atoms with Crippen molar-refractivity contribution in [2.24, 2.45) is 0 Å². The molecule has 0 heterocycles. The molecular formula is C25H21F2NO4. The van der Waals surface area contributed by atoms with Gasteiger partial charge in [0.1, 0.15) is 12.6 Å². The van der Waals surface area contributed by atoms with Gasteiger partial charge in [-0.2, -0.15) is 0 Å². The van der Waals surface area contributed by atoms with Crippen LogP contribution in [0.25, 0.3) is 11.1 Å². The molecule has 2 N–H and O–H groups in total. The van der Waals surface area contributed by atoms with Crippen molar-refractivity contribution < 1.29 is 28.2 Å². The molecule has 0 saturated carbocycles. The van der Waals surface area contributed by atoms with Crippen LogP contribution in [0, 0.1) is 18.6 Å². The number of benzene rings is 3. The van der Waals surface area contributed by atoms with Crippen LogP contribution in [0.15, 0.2) is 60.7 Å². The average molecular weight is 437 g/mol. The normalized spacial score (nSPS) is 13.2. The fourth-order valence-electron chi connectivity index (χ4n) is 4.12. The summed E-state index contributed by atoms with van der Waals surface area (Å²) in [5, 5.41) is 11.8. The fourth-order valence-corrected chi connectivity index (χ4v) is 4.12. The van der Waals surface area contributed by atoms with E-state index in [-0.39, 0.29) is 30.1 Å². The number of alkyl carbamates (subject to hydrolysis) is 1.